The highest BCUT2D eigenvalue weighted by Crippen LogP contribution is 2.37. The van der Waals surface area contributed by atoms with Crippen LogP contribution in [-0.4, -0.2) is 13.7 Å². The summed E-state index contributed by atoms with van der Waals surface area (Å²) in [5.41, 5.74) is 2.16. The monoisotopic (exact) mass is 198 g/mol. The van der Waals surface area contributed by atoms with Gasteiger partial charge in [0.2, 0.25) is 0 Å². The van der Waals surface area contributed by atoms with Crippen molar-refractivity contribution in [3.63, 3.8) is 0 Å². The Balaban J connectivity index is 2.42. The van der Waals surface area contributed by atoms with E-state index in [-0.39, 0.29) is 6.10 Å². The lowest BCUT2D eigenvalue weighted by Crippen LogP contribution is -1.91. The fraction of sp³-hybridized carbons (Fsp3) is 0.400. The number of ether oxygens (including phenoxy) is 2. The Morgan fingerprint density at radius 1 is 1.54 bits per heavy atom. The molecular formula is C10H11ClO2. The third kappa shape index (κ3) is 1.64. The third-order valence-corrected chi connectivity index (χ3v) is 2.52. The molecule has 0 saturated carbocycles. The lowest BCUT2D eigenvalue weighted by Gasteiger charge is -2.07. The Labute approximate surface area is 82.4 Å². The molecule has 1 heterocycles. The van der Waals surface area contributed by atoms with Crippen LogP contribution in [0, 0.1) is 6.92 Å². The van der Waals surface area contributed by atoms with Crippen LogP contribution in [-0.2, 0) is 4.74 Å². The maximum Gasteiger partial charge on any atom is 0.123 e. The molecule has 3 heteroatoms. The van der Waals surface area contributed by atoms with Crippen molar-refractivity contribution in [2.45, 2.75) is 13.0 Å². The van der Waals surface area contributed by atoms with E-state index in [1.165, 1.54) is 0 Å². The lowest BCUT2D eigenvalue weighted by atomic mass is 10.1. The van der Waals surface area contributed by atoms with Crippen LogP contribution in [0.1, 0.15) is 17.2 Å². The van der Waals surface area contributed by atoms with E-state index in [2.05, 4.69) is 0 Å². The van der Waals surface area contributed by atoms with Gasteiger partial charge in [-0.15, -0.1) is 0 Å². The molecule has 0 spiro atoms. The van der Waals surface area contributed by atoms with E-state index in [9.17, 15) is 0 Å². The van der Waals surface area contributed by atoms with Gasteiger partial charge >= 0.3 is 0 Å². The second-order valence-corrected chi connectivity index (χ2v) is 3.57. The van der Waals surface area contributed by atoms with Gasteiger partial charge in [-0.2, -0.15) is 0 Å². The van der Waals surface area contributed by atoms with Crippen molar-refractivity contribution in [1.82, 2.24) is 0 Å². The number of benzene rings is 1. The molecule has 0 aliphatic carbocycles. The molecule has 0 bridgehead atoms. The van der Waals surface area contributed by atoms with Crippen LogP contribution in [0.3, 0.4) is 0 Å². The molecule has 13 heavy (non-hydrogen) atoms. The summed E-state index contributed by atoms with van der Waals surface area (Å²) >= 11 is 6.06. The molecule has 1 aromatic carbocycles. The Morgan fingerprint density at radius 3 is 2.77 bits per heavy atom. The fourth-order valence-electron chi connectivity index (χ4n) is 1.38. The first-order valence-electron chi connectivity index (χ1n) is 4.18. The minimum atomic E-state index is 0.206. The van der Waals surface area contributed by atoms with E-state index in [0.717, 1.165) is 28.5 Å². The average molecular weight is 199 g/mol. The van der Waals surface area contributed by atoms with Gasteiger partial charge in [0.05, 0.1) is 18.7 Å². The van der Waals surface area contributed by atoms with E-state index >= 15 is 0 Å². The van der Waals surface area contributed by atoms with Gasteiger partial charge in [-0.3, -0.25) is 0 Å². The maximum atomic E-state index is 6.06. The molecule has 1 aromatic rings. The molecule has 0 N–H and O–H groups in total. The summed E-state index contributed by atoms with van der Waals surface area (Å²) in [5, 5.41) is 0.727. The molecule has 0 aromatic heterocycles. The highest BCUT2D eigenvalue weighted by atomic mass is 35.5. The number of halogens is 1. The molecule has 1 atom stereocenters. The summed E-state index contributed by atoms with van der Waals surface area (Å²) in [5.74, 6) is 0.828. The third-order valence-electron chi connectivity index (χ3n) is 2.19. The molecule has 70 valence electrons. The maximum absolute atomic E-state index is 6.06. The van der Waals surface area contributed by atoms with Gasteiger partial charge in [0.25, 0.3) is 0 Å². The summed E-state index contributed by atoms with van der Waals surface area (Å²) in [6.45, 7) is 2.78. The lowest BCUT2D eigenvalue weighted by molar-refractivity contribution is 0.407. The van der Waals surface area contributed by atoms with Gasteiger partial charge in [0.15, 0.2) is 0 Å². The standard InChI is InChI=1S/C10H11ClO2/c1-6-3-7(10-5-13-10)8(11)4-9(6)12-2/h3-4,10H,5H2,1-2H3. The first-order valence-corrected chi connectivity index (χ1v) is 4.56. The summed E-state index contributed by atoms with van der Waals surface area (Å²) in [6, 6.07) is 3.87. The fourth-order valence-corrected chi connectivity index (χ4v) is 1.66. The molecule has 0 amide bonds. The van der Waals surface area contributed by atoms with Crippen molar-refractivity contribution in [3.8, 4) is 5.75 Å². The second-order valence-electron chi connectivity index (χ2n) is 3.17. The van der Waals surface area contributed by atoms with Crippen LogP contribution in [0.15, 0.2) is 12.1 Å². The quantitative estimate of drug-likeness (QED) is 0.682. The number of hydrogen-bond donors (Lipinski definition) is 0. The van der Waals surface area contributed by atoms with Gasteiger partial charge in [-0.25, -0.2) is 0 Å². The first-order chi connectivity index (χ1) is 6.22. The van der Waals surface area contributed by atoms with Crippen molar-refractivity contribution in [3.05, 3.63) is 28.3 Å². The summed E-state index contributed by atoms with van der Waals surface area (Å²) < 4.78 is 10.3. The van der Waals surface area contributed by atoms with Gasteiger partial charge in [-0.1, -0.05) is 11.6 Å². The smallest absolute Gasteiger partial charge is 0.123 e. The SMILES string of the molecule is COc1cc(Cl)c(C2CO2)cc1C. The first kappa shape index (κ1) is 8.85. The Morgan fingerprint density at radius 2 is 2.23 bits per heavy atom. The molecule has 0 radical (unpaired) electrons. The van der Waals surface area contributed by atoms with E-state index < -0.39 is 0 Å². The van der Waals surface area contributed by atoms with Crippen LogP contribution < -0.4 is 4.74 Å². The van der Waals surface area contributed by atoms with Gasteiger partial charge in [0, 0.05) is 5.56 Å². The topological polar surface area (TPSA) is 21.8 Å². The van der Waals surface area contributed by atoms with Crippen molar-refractivity contribution < 1.29 is 9.47 Å². The normalized spacial score (nSPS) is 20.1. The van der Waals surface area contributed by atoms with Crippen LogP contribution in [0.25, 0.3) is 0 Å². The number of methoxy groups -OCH3 is 1. The van der Waals surface area contributed by atoms with Gasteiger partial charge in [-0.05, 0) is 24.6 Å². The van der Waals surface area contributed by atoms with Crippen LogP contribution in [0.2, 0.25) is 5.02 Å². The van der Waals surface area contributed by atoms with Crippen molar-refractivity contribution in [2.75, 3.05) is 13.7 Å². The Kier molecular flexibility index (Phi) is 2.18. The minimum Gasteiger partial charge on any atom is -0.496 e. The molecule has 2 nitrogen and oxygen atoms in total. The predicted octanol–water partition coefficient (Wildman–Crippen LogP) is 2.73. The zero-order chi connectivity index (χ0) is 9.42. The van der Waals surface area contributed by atoms with E-state index in [0.29, 0.717) is 0 Å². The summed E-state index contributed by atoms with van der Waals surface area (Å²) in [6.07, 6.45) is 0.206. The van der Waals surface area contributed by atoms with Crippen LogP contribution in [0.4, 0.5) is 0 Å². The summed E-state index contributed by atoms with van der Waals surface area (Å²) in [4.78, 5) is 0. The highest BCUT2D eigenvalue weighted by molar-refractivity contribution is 6.31. The number of epoxide rings is 1. The number of aryl methyl sites for hydroxylation is 1. The van der Waals surface area contributed by atoms with Gasteiger partial charge < -0.3 is 9.47 Å². The average Bonchev–Trinajstić information content (AvgIpc) is 2.91. The molecule has 2 rings (SSSR count). The number of rotatable bonds is 2. The van der Waals surface area contributed by atoms with Gasteiger partial charge in [0.1, 0.15) is 11.9 Å². The largest absolute Gasteiger partial charge is 0.496 e. The predicted molar refractivity (Wildman–Crippen MR) is 51.4 cm³/mol. The molecular weight excluding hydrogens is 188 g/mol. The van der Waals surface area contributed by atoms with Crippen LogP contribution >= 0.6 is 11.6 Å². The van der Waals surface area contributed by atoms with Crippen molar-refractivity contribution in [1.29, 1.82) is 0 Å². The molecule has 1 fully saturated rings. The molecule has 1 unspecified atom stereocenters. The second kappa shape index (κ2) is 3.20. The van der Waals surface area contributed by atoms with Crippen molar-refractivity contribution in [2.24, 2.45) is 0 Å². The van der Waals surface area contributed by atoms with E-state index in [1.54, 1.807) is 7.11 Å². The van der Waals surface area contributed by atoms with Crippen molar-refractivity contribution >= 4 is 11.6 Å². The molecule has 1 saturated heterocycles. The summed E-state index contributed by atoms with van der Waals surface area (Å²) in [7, 11) is 1.64. The minimum absolute atomic E-state index is 0.206. The van der Waals surface area contributed by atoms with E-state index in [1.807, 2.05) is 19.1 Å². The zero-order valence-corrected chi connectivity index (χ0v) is 8.39. The Bertz CT molecular complexity index is 332. The van der Waals surface area contributed by atoms with Crippen LogP contribution in [0.5, 0.6) is 5.75 Å². The highest BCUT2D eigenvalue weighted by Gasteiger charge is 2.27. The van der Waals surface area contributed by atoms with E-state index in [4.69, 9.17) is 21.1 Å². The number of hydrogen-bond acceptors (Lipinski definition) is 2. The Hall–Kier alpha value is -0.730. The zero-order valence-electron chi connectivity index (χ0n) is 7.63. The molecule has 1 aliphatic heterocycles. The molecule has 1 aliphatic rings.